The third kappa shape index (κ3) is 15.2. The van der Waals surface area contributed by atoms with Crippen LogP contribution in [0, 0.1) is 0 Å². The number of aromatic nitrogens is 4. The van der Waals surface area contributed by atoms with E-state index in [2.05, 4.69) is 38.1 Å². The number of rotatable bonds is 8. The Bertz CT molecular complexity index is 2570. The van der Waals surface area contributed by atoms with Gasteiger partial charge in [0.25, 0.3) is 11.6 Å². The molecular weight excluding hydrogens is 1080 g/mol. The fourth-order valence-electron chi connectivity index (χ4n) is 4.97. The van der Waals surface area contributed by atoms with Crippen LogP contribution in [0.15, 0.2) is 99.2 Å². The van der Waals surface area contributed by atoms with Crippen LogP contribution in [0.3, 0.4) is 0 Å². The van der Waals surface area contributed by atoms with Gasteiger partial charge in [-0.05, 0) is 72.3 Å². The Morgan fingerprint density at radius 2 is 0.940 bits per heavy atom. The summed E-state index contributed by atoms with van der Waals surface area (Å²) < 4.78 is 141. The van der Waals surface area contributed by atoms with Crippen molar-refractivity contribution in [2.75, 3.05) is 18.6 Å². The van der Waals surface area contributed by atoms with Crippen molar-refractivity contribution in [2.45, 2.75) is 61.2 Å². The van der Waals surface area contributed by atoms with Crippen LogP contribution in [-0.2, 0) is 26.4 Å². The number of thioether (sulfide) groups is 6. The van der Waals surface area contributed by atoms with Gasteiger partial charge < -0.3 is 15.3 Å². The van der Waals surface area contributed by atoms with Gasteiger partial charge in [-0.2, -0.15) is 52.7 Å². The fourth-order valence-corrected chi connectivity index (χ4v) is 13.5. The van der Waals surface area contributed by atoms with E-state index in [-0.39, 0.29) is 16.8 Å². The van der Waals surface area contributed by atoms with Crippen LogP contribution in [0.4, 0.5) is 52.7 Å². The first-order valence-corrected chi connectivity index (χ1v) is 23.4. The van der Waals surface area contributed by atoms with Crippen LogP contribution in [0.5, 0.6) is 0 Å². The van der Waals surface area contributed by atoms with Gasteiger partial charge in [0.2, 0.25) is 0 Å². The van der Waals surface area contributed by atoms with Gasteiger partial charge in [0.15, 0.2) is 0 Å². The molecule has 1 radical (unpaired) electrons. The predicted octanol–water partition coefficient (Wildman–Crippen LogP) is 11.6. The zero-order chi connectivity index (χ0) is 49.4. The van der Waals surface area contributed by atoms with Gasteiger partial charge in [0.1, 0.15) is 11.0 Å². The molecule has 2 aliphatic rings. The Hall–Kier alpha value is -3.51. The number of fused-ring (bicyclic) bond motifs is 8. The van der Waals surface area contributed by atoms with Crippen molar-refractivity contribution >= 4 is 126 Å². The summed E-state index contributed by atoms with van der Waals surface area (Å²) in [5.74, 6) is -8.95. The average Bonchev–Trinajstić information content (AvgIpc) is 3.87. The number of alkyl halides is 12. The largest absolute Gasteiger partial charge is 2.00 e. The topological polar surface area (TPSA) is 152 Å². The first-order valence-electron chi connectivity index (χ1n) is 18.1. The summed E-state index contributed by atoms with van der Waals surface area (Å²) in [6.45, 7) is 4.51. The van der Waals surface area contributed by atoms with Crippen molar-refractivity contribution in [2.24, 2.45) is 0 Å². The molecular formula is C39H28CoF12N4O5S6. The number of pyridine rings is 2. The summed E-state index contributed by atoms with van der Waals surface area (Å²) in [6, 6.07) is 12.5. The zero-order valence-electron chi connectivity index (χ0n) is 33.8. The molecule has 3 aromatic heterocycles. The number of aliphatic hydroxyl groups excluding tert-OH is 1. The van der Waals surface area contributed by atoms with Crippen LogP contribution >= 0.6 is 70.6 Å². The Morgan fingerprint density at radius 3 is 1.25 bits per heavy atom. The van der Waals surface area contributed by atoms with Gasteiger partial charge in [-0.3, -0.25) is 19.6 Å². The maximum absolute atomic E-state index is 11.3. The van der Waals surface area contributed by atoms with Crippen molar-refractivity contribution in [1.29, 1.82) is 0 Å². The van der Waals surface area contributed by atoms with Crippen LogP contribution < -0.4 is 10.2 Å². The first kappa shape index (κ1) is 57.8. The molecule has 0 amide bonds. The normalized spacial score (nSPS) is 14.6. The summed E-state index contributed by atoms with van der Waals surface area (Å²) in [5.41, 5.74) is 5.19. The Balaban J connectivity index is 0.000000341. The van der Waals surface area contributed by atoms with Crippen LogP contribution in [-0.4, -0.2) is 79.9 Å². The maximum Gasteiger partial charge on any atom is 2.00 e. The second-order valence-corrected chi connectivity index (χ2v) is 19.9. The smallest absolute Gasteiger partial charge is 0.869 e. The molecule has 363 valence electrons. The van der Waals surface area contributed by atoms with Crippen molar-refractivity contribution in [3.63, 3.8) is 0 Å². The number of carbonyl (C=O) groups is 2. The van der Waals surface area contributed by atoms with Gasteiger partial charge >= 0.3 is 41.5 Å². The third-order valence-electron chi connectivity index (χ3n) is 7.71. The summed E-state index contributed by atoms with van der Waals surface area (Å²) in [7, 11) is 1.00. The van der Waals surface area contributed by atoms with Crippen molar-refractivity contribution < 1.29 is 94.4 Å². The average molecular weight is 1110 g/mol. The van der Waals surface area contributed by atoms with Crippen LogP contribution in [0.25, 0.3) is 43.9 Å². The molecule has 9 nitrogen and oxygen atoms in total. The molecule has 1 N–H and O–H groups in total. The van der Waals surface area contributed by atoms with Crippen LogP contribution in [0.2, 0.25) is 0 Å². The monoisotopic (exact) mass is 1110 g/mol. The summed E-state index contributed by atoms with van der Waals surface area (Å²) in [6.07, 6.45) is -17.8. The Morgan fingerprint density at radius 1 is 0.597 bits per heavy atom. The minimum Gasteiger partial charge on any atom is -0.869 e. The van der Waals surface area contributed by atoms with E-state index in [4.69, 9.17) is 25.0 Å². The molecule has 5 heterocycles. The van der Waals surface area contributed by atoms with Crippen molar-refractivity contribution in [3.8, 4) is 0 Å². The first-order chi connectivity index (χ1) is 30.8. The number of carbonyl (C=O) groups excluding carboxylic acids is 2. The Labute approximate surface area is 407 Å². The number of aliphatic hydroxyl groups is 1. The molecule has 0 saturated carbocycles. The molecule has 0 aliphatic carbocycles. The molecule has 0 bridgehead atoms. The van der Waals surface area contributed by atoms with E-state index in [0.717, 1.165) is 51.0 Å². The number of hydrogen-bond acceptors (Lipinski definition) is 15. The van der Waals surface area contributed by atoms with Gasteiger partial charge in [-0.25, -0.2) is 9.97 Å². The molecule has 7 rings (SSSR count). The van der Waals surface area contributed by atoms with E-state index in [9.17, 15) is 72.5 Å². The molecule has 0 unspecified atom stereocenters. The number of benzene rings is 2. The molecule has 0 fully saturated rings. The number of halogens is 12. The van der Waals surface area contributed by atoms with E-state index in [1.165, 1.54) is 51.1 Å². The van der Waals surface area contributed by atoms with Gasteiger partial charge in [0, 0.05) is 40.1 Å². The molecule has 2 aliphatic heterocycles. The van der Waals surface area contributed by atoms with Crippen LogP contribution in [0.1, 0.15) is 26.7 Å². The van der Waals surface area contributed by atoms with E-state index >= 15 is 0 Å². The quantitative estimate of drug-likeness (QED) is 0.0515. The number of ketones is 2. The predicted molar refractivity (Wildman–Crippen MR) is 233 cm³/mol. The van der Waals surface area contributed by atoms with E-state index in [0.29, 0.717) is 0 Å². The molecule has 0 spiro atoms. The molecule has 5 aromatic rings. The molecule has 67 heavy (non-hydrogen) atoms. The fraction of sp³-hybridized carbons (Fsp3) is 0.282. The maximum atomic E-state index is 11.3. The minimum atomic E-state index is -5.46. The summed E-state index contributed by atoms with van der Waals surface area (Å²) >= 11 is 11.7. The van der Waals surface area contributed by atoms with E-state index in [1.54, 1.807) is 0 Å². The zero-order valence-corrected chi connectivity index (χ0v) is 39.7. The standard InChI is InChI=1S/C28H22N4S6.2C5H2F6O2.CH4O.Co/c1-3-11-33-25-26(34-12-4-2)38-28(37-25)27-35-19-13-17-18(14-20(19)36-27)32-24-22-16(8-6-10-30-22)15-7-5-9-29-21(15)23(24)31-17;2*6-4(7,8)2(12)1-3(13)5(9,10)11;1-2;/h5-10,13-14H,3-4,11-12H2,1-2H3;2*1,12H;2H,1H3;/q;;;;+2/p-2/b;2*2-1-;;. The minimum absolute atomic E-state index is 0. The van der Waals surface area contributed by atoms with Crippen molar-refractivity contribution in [1.82, 2.24) is 19.9 Å². The van der Waals surface area contributed by atoms with Crippen molar-refractivity contribution in [3.05, 3.63) is 89.4 Å². The second kappa shape index (κ2) is 24.4. The molecule has 0 atom stereocenters. The van der Waals surface area contributed by atoms with E-state index in [1.807, 2.05) is 95.1 Å². The molecule has 28 heteroatoms. The van der Waals surface area contributed by atoms with Gasteiger partial charge in [0.05, 0.1) is 39.0 Å². The second-order valence-electron chi connectivity index (χ2n) is 12.5. The number of nitrogens with zero attached hydrogens (tertiary/aromatic N) is 4. The molecule has 2 aromatic carbocycles. The van der Waals surface area contributed by atoms with Gasteiger partial charge in [-0.1, -0.05) is 73.0 Å². The number of hydrogen-bond donors (Lipinski definition) is 1. The Kier molecular flexibility index (Phi) is 21.0. The molecule has 0 saturated heterocycles. The van der Waals surface area contributed by atoms with E-state index < -0.39 is 59.9 Å². The SMILES string of the molecule is CCCSC1=C(SCCC)SC(=C2Sc3cc4nc5c6ncccc6c6cccnc6c5nc4cc3S2)S1.CO.O=C(/C=C(\[O-])C(F)(F)F)C(F)(F)F.O=C(/C=C(\[O-])C(F)(F)F)C(F)(F)F.[Co+2]. The third-order valence-corrected chi connectivity index (χ3v) is 16.7. The number of allylic oxidation sites excluding steroid dienone is 4. The summed E-state index contributed by atoms with van der Waals surface area (Å²) in [4.78, 5) is 41.8. The van der Waals surface area contributed by atoms with Gasteiger partial charge in [-0.15, -0.1) is 23.5 Å². The summed E-state index contributed by atoms with van der Waals surface area (Å²) in [5, 5.41) is 28.8.